The number of halogens is 1. The normalized spacial score (nSPS) is 49.0. The van der Waals surface area contributed by atoms with Gasteiger partial charge in [-0.25, -0.2) is 0 Å². The third kappa shape index (κ3) is 2.21. The van der Waals surface area contributed by atoms with E-state index in [1.54, 1.807) is 0 Å². The van der Waals surface area contributed by atoms with Gasteiger partial charge >= 0.3 is 0 Å². The molecule has 0 bridgehead atoms. The van der Waals surface area contributed by atoms with E-state index in [4.69, 9.17) is 11.6 Å². The Morgan fingerprint density at radius 3 is 2.76 bits per heavy atom. The number of fused-ring (bicyclic) bond motifs is 5. The van der Waals surface area contributed by atoms with Gasteiger partial charge in [-0.05, 0) is 61.7 Å². The summed E-state index contributed by atoms with van der Waals surface area (Å²) in [5.74, 6) is 1.38. The smallest absolute Gasteiger partial charge is 0.179 e. The Kier molecular flexibility index (Phi) is 4.01. The number of carbonyl (C=O) groups is 2. The van der Waals surface area contributed by atoms with E-state index in [0.717, 1.165) is 38.5 Å². The predicted molar refractivity (Wildman–Crippen MR) is 97.4 cm³/mol. The van der Waals surface area contributed by atoms with Crippen LogP contribution < -0.4 is 0 Å². The van der Waals surface area contributed by atoms with E-state index in [1.807, 2.05) is 0 Å². The quantitative estimate of drug-likeness (QED) is 0.593. The van der Waals surface area contributed by atoms with Crippen LogP contribution in [0.5, 0.6) is 0 Å². The maximum atomic E-state index is 12.4. The van der Waals surface area contributed by atoms with Crippen molar-refractivity contribution in [2.24, 2.45) is 28.6 Å². The maximum Gasteiger partial charge on any atom is 0.179 e. The molecule has 0 aromatic rings. The molecule has 25 heavy (non-hydrogen) atoms. The summed E-state index contributed by atoms with van der Waals surface area (Å²) in [5, 5.41) is 11.2. The van der Waals surface area contributed by atoms with E-state index in [-0.39, 0.29) is 17.1 Å². The van der Waals surface area contributed by atoms with Crippen LogP contribution in [0.25, 0.3) is 0 Å². The molecule has 4 rings (SSSR count). The van der Waals surface area contributed by atoms with Gasteiger partial charge in [0.15, 0.2) is 5.78 Å². The molecule has 0 radical (unpaired) electrons. The standard InChI is InChI=1S/C21H29ClO3/c1-19-8-5-14(23)11-13(19)3-4-15-16(19)6-9-20(2)17(15)7-10-21(20,25)18(24)12-22/h6,13,15,17,25H,3-5,7-12H2,1-2H3/t13-,15-,17+,19+,20+,21+/m1/s1. The van der Waals surface area contributed by atoms with Crippen molar-refractivity contribution in [3.05, 3.63) is 11.6 Å². The number of carbonyl (C=O) groups excluding carboxylic acids is 2. The average molecular weight is 365 g/mol. The molecule has 3 fully saturated rings. The highest BCUT2D eigenvalue weighted by Gasteiger charge is 2.64. The largest absolute Gasteiger partial charge is 0.381 e. The van der Waals surface area contributed by atoms with Crippen molar-refractivity contribution in [3.8, 4) is 0 Å². The summed E-state index contributed by atoms with van der Waals surface area (Å²) in [7, 11) is 0. The molecule has 4 aliphatic carbocycles. The van der Waals surface area contributed by atoms with Gasteiger partial charge < -0.3 is 5.11 Å². The topological polar surface area (TPSA) is 54.4 Å². The zero-order valence-electron chi connectivity index (χ0n) is 15.3. The number of rotatable bonds is 2. The predicted octanol–water partition coefficient (Wildman–Crippen LogP) is 4.06. The summed E-state index contributed by atoms with van der Waals surface area (Å²) in [4.78, 5) is 24.4. The molecule has 6 atom stereocenters. The van der Waals surface area contributed by atoms with E-state index in [2.05, 4.69) is 19.9 Å². The Morgan fingerprint density at radius 2 is 2.04 bits per heavy atom. The first kappa shape index (κ1) is 17.7. The zero-order valence-corrected chi connectivity index (χ0v) is 16.1. The molecule has 0 aromatic carbocycles. The first-order valence-corrected chi connectivity index (χ1v) is 10.3. The molecule has 1 N–H and O–H groups in total. The molecule has 4 aliphatic rings. The Bertz CT molecular complexity index is 656. The first-order valence-electron chi connectivity index (χ1n) is 9.80. The van der Waals surface area contributed by atoms with E-state index >= 15 is 0 Å². The molecule has 0 aromatic heterocycles. The van der Waals surface area contributed by atoms with E-state index in [0.29, 0.717) is 36.4 Å². The number of hydrogen-bond acceptors (Lipinski definition) is 3. The van der Waals surface area contributed by atoms with Crippen LogP contribution in [0.15, 0.2) is 11.6 Å². The van der Waals surface area contributed by atoms with Crippen LogP contribution in [-0.2, 0) is 9.59 Å². The van der Waals surface area contributed by atoms with Crippen LogP contribution in [0.2, 0.25) is 0 Å². The van der Waals surface area contributed by atoms with Gasteiger partial charge in [-0.2, -0.15) is 0 Å². The van der Waals surface area contributed by atoms with Crippen molar-refractivity contribution in [2.45, 2.75) is 70.8 Å². The fourth-order valence-corrected chi connectivity index (χ4v) is 7.12. The minimum absolute atomic E-state index is 0.109. The van der Waals surface area contributed by atoms with Crippen molar-refractivity contribution in [2.75, 3.05) is 5.88 Å². The number of aliphatic hydroxyl groups is 1. The highest BCUT2D eigenvalue weighted by molar-refractivity contribution is 6.29. The Hall–Kier alpha value is -0.670. The van der Waals surface area contributed by atoms with Gasteiger partial charge in [-0.15, -0.1) is 11.6 Å². The monoisotopic (exact) mass is 364 g/mol. The molecule has 0 aliphatic heterocycles. The minimum Gasteiger partial charge on any atom is -0.381 e. The van der Waals surface area contributed by atoms with Crippen LogP contribution >= 0.6 is 11.6 Å². The van der Waals surface area contributed by atoms with Crippen molar-refractivity contribution in [3.63, 3.8) is 0 Å². The summed E-state index contributed by atoms with van der Waals surface area (Å²) in [6.07, 6.45) is 9.11. The van der Waals surface area contributed by atoms with Crippen molar-refractivity contribution >= 4 is 23.2 Å². The number of allylic oxidation sites excluding steroid dienone is 2. The third-order valence-corrected chi connectivity index (χ3v) is 8.82. The molecule has 0 amide bonds. The van der Waals surface area contributed by atoms with E-state index in [9.17, 15) is 14.7 Å². The number of ketones is 2. The molecular formula is C21H29ClO3. The first-order chi connectivity index (χ1) is 11.8. The summed E-state index contributed by atoms with van der Waals surface area (Å²) < 4.78 is 0. The Labute approximate surface area is 155 Å². The van der Waals surface area contributed by atoms with Crippen LogP contribution in [0.4, 0.5) is 0 Å². The van der Waals surface area contributed by atoms with Crippen LogP contribution in [0, 0.1) is 28.6 Å². The molecule has 0 saturated heterocycles. The minimum atomic E-state index is -1.28. The van der Waals surface area contributed by atoms with Gasteiger partial charge in [-0.3, -0.25) is 9.59 Å². The summed E-state index contributed by atoms with van der Waals surface area (Å²) in [6.45, 7) is 4.46. The fraction of sp³-hybridized carbons (Fsp3) is 0.810. The lowest BCUT2D eigenvalue weighted by atomic mass is 9.48. The van der Waals surface area contributed by atoms with Crippen molar-refractivity contribution in [1.82, 2.24) is 0 Å². The highest BCUT2D eigenvalue weighted by Crippen LogP contribution is 2.66. The van der Waals surface area contributed by atoms with Gasteiger partial charge in [0, 0.05) is 18.3 Å². The molecule has 0 spiro atoms. The van der Waals surface area contributed by atoms with Gasteiger partial charge in [0.25, 0.3) is 0 Å². The zero-order chi connectivity index (χ0) is 18.0. The molecule has 0 heterocycles. The second kappa shape index (κ2) is 5.66. The summed E-state index contributed by atoms with van der Waals surface area (Å²) in [6, 6.07) is 0. The molecule has 0 unspecified atom stereocenters. The summed E-state index contributed by atoms with van der Waals surface area (Å²) in [5.41, 5.74) is -0.0148. The van der Waals surface area contributed by atoms with Gasteiger partial charge in [0.2, 0.25) is 0 Å². The lowest BCUT2D eigenvalue weighted by Crippen LogP contribution is -2.55. The fourth-order valence-electron chi connectivity index (χ4n) is 6.90. The third-order valence-electron chi connectivity index (χ3n) is 8.58. The van der Waals surface area contributed by atoms with Crippen LogP contribution in [-0.4, -0.2) is 28.2 Å². The van der Waals surface area contributed by atoms with Crippen LogP contribution in [0.1, 0.15) is 65.2 Å². The Balaban J connectivity index is 1.71. The second-order valence-electron chi connectivity index (χ2n) is 9.38. The second-order valence-corrected chi connectivity index (χ2v) is 9.65. The number of hydrogen-bond donors (Lipinski definition) is 1. The molecule has 4 heteroatoms. The van der Waals surface area contributed by atoms with Crippen molar-refractivity contribution < 1.29 is 14.7 Å². The van der Waals surface area contributed by atoms with Gasteiger partial charge in [-0.1, -0.05) is 25.5 Å². The molecule has 138 valence electrons. The molecular weight excluding hydrogens is 336 g/mol. The van der Waals surface area contributed by atoms with E-state index < -0.39 is 11.0 Å². The molecule has 3 saturated carbocycles. The van der Waals surface area contributed by atoms with Crippen molar-refractivity contribution in [1.29, 1.82) is 0 Å². The lowest BCUT2D eigenvalue weighted by molar-refractivity contribution is -0.150. The SMILES string of the molecule is C[C@]12CC=C3[C@@H](CC[C@@H]4CC(=O)CC[C@]34C)[C@@H]1CC[C@]2(O)C(=O)CCl. The number of alkyl halides is 1. The number of Topliss-reactive ketones (excluding diaryl/α,β-unsaturated/α-hetero) is 2. The van der Waals surface area contributed by atoms with Crippen LogP contribution in [0.3, 0.4) is 0 Å². The van der Waals surface area contributed by atoms with Gasteiger partial charge in [0.05, 0.1) is 5.88 Å². The summed E-state index contributed by atoms with van der Waals surface area (Å²) >= 11 is 5.82. The molecule has 3 nitrogen and oxygen atoms in total. The maximum absolute atomic E-state index is 12.4. The lowest BCUT2D eigenvalue weighted by Gasteiger charge is -2.56. The average Bonchev–Trinajstić information content (AvgIpc) is 2.87. The van der Waals surface area contributed by atoms with Gasteiger partial charge in [0.1, 0.15) is 11.4 Å². The highest BCUT2D eigenvalue weighted by atomic mass is 35.5. The Morgan fingerprint density at radius 1 is 1.28 bits per heavy atom. The van der Waals surface area contributed by atoms with E-state index in [1.165, 1.54) is 5.57 Å².